The van der Waals surface area contributed by atoms with Gasteiger partial charge in [-0.05, 0) is 31.4 Å². The molecular formula is C18H22BrN. The van der Waals surface area contributed by atoms with Crippen molar-refractivity contribution in [1.82, 2.24) is 0 Å². The van der Waals surface area contributed by atoms with E-state index in [1.165, 1.54) is 22.3 Å². The molecule has 0 aliphatic rings. The molecule has 20 heavy (non-hydrogen) atoms. The van der Waals surface area contributed by atoms with Gasteiger partial charge in [0.25, 0.3) is 0 Å². The summed E-state index contributed by atoms with van der Waals surface area (Å²) in [5.74, 6) is 0. The average molecular weight is 332 g/mol. The lowest BCUT2D eigenvalue weighted by Gasteiger charge is -2.34. The molecule has 0 amide bonds. The Labute approximate surface area is 130 Å². The highest BCUT2D eigenvalue weighted by molar-refractivity contribution is 9.09. The van der Waals surface area contributed by atoms with E-state index in [4.69, 9.17) is 5.73 Å². The fraction of sp³-hybridized carbons (Fsp3) is 0.333. The largest absolute Gasteiger partial charge is 0.329 e. The first-order valence-corrected chi connectivity index (χ1v) is 8.15. The smallest absolute Gasteiger partial charge is 0.0333 e. The Kier molecular flexibility index (Phi) is 5.00. The van der Waals surface area contributed by atoms with E-state index in [2.05, 4.69) is 78.3 Å². The van der Waals surface area contributed by atoms with Crippen LogP contribution in [0.25, 0.3) is 0 Å². The van der Waals surface area contributed by atoms with Crippen molar-refractivity contribution >= 4 is 15.9 Å². The summed E-state index contributed by atoms with van der Waals surface area (Å²) >= 11 is 3.59. The second-order valence-corrected chi connectivity index (χ2v) is 6.25. The highest BCUT2D eigenvalue weighted by atomic mass is 79.9. The predicted molar refractivity (Wildman–Crippen MR) is 90.6 cm³/mol. The van der Waals surface area contributed by atoms with Crippen LogP contribution < -0.4 is 5.73 Å². The van der Waals surface area contributed by atoms with Gasteiger partial charge in [0.2, 0.25) is 0 Å². The summed E-state index contributed by atoms with van der Waals surface area (Å²) in [6, 6.07) is 17.5. The Morgan fingerprint density at radius 1 is 0.850 bits per heavy atom. The minimum atomic E-state index is -0.106. The van der Waals surface area contributed by atoms with Crippen molar-refractivity contribution in [3.63, 3.8) is 0 Å². The molecule has 0 radical (unpaired) electrons. The maximum atomic E-state index is 6.21. The lowest BCUT2D eigenvalue weighted by molar-refractivity contribution is 0.513. The Balaban J connectivity index is 2.54. The van der Waals surface area contributed by atoms with Gasteiger partial charge < -0.3 is 5.73 Å². The Morgan fingerprint density at radius 3 is 1.55 bits per heavy atom. The normalized spacial score (nSPS) is 11.6. The van der Waals surface area contributed by atoms with E-state index in [0.29, 0.717) is 6.54 Å². The van der Waals surface area contributed by atoms with Crippen LogP contribution in [0.1, 0.15) is 28.7 Å². The third-order valence-corrected chi connectivity index (χ3v) is 4.47. The number of benzene rings is 2. The molecule has 2 aromatic rings. The first kappa shape index (κ1) is 15.3. The SMILES string of the molecule is Cc1ccc(C(CN)(CCBr)c2ccc(C)cc2)cc1. The maximum Gasteiger partial charge on any atom is 0.0333 e. The molecule has 0 aromatic heterocycles. The highest BCUT2D eigenvalue weighted by Crippen LogP contribution is 2.35. The molecule has 0 saturated carbocycles. The minimum Gasteiger partial charge on any atom is -0.329 e. The fourth-order valence-electron chi connectivity index (χ4n) is 2.70. The van der Waals surface area contributed by atoms with Gasteiger partial charge >= 0.3 is 0 Å². The lowest BCUT2D eigenvalue weighted by atomic mass is 9.72. The van der Waals surface area contributed by atoms with Crippen LogP contribution in [-0.2, 0) is 5.41 Å². The van der Waals surface area contributed by atoms with Crippen LogP contribution in [0.4, 0.5) is 0 Å². The zero-order chi connectivity index (χ0) is 14.6. The van der Waals surface area contributed by atoms with Crippen molar-refractivity contribution in [3.05, 3.63) is 70.8 Å². The lowest BCUT2D eigenvalue weighted by Crippen LogP contribution is -2.37. The van der Waals surface area contributed by atoms with Crippen LogP contribution >= 0.6 is 15.9 Å². The number of hydrogen-bond donors (Lipinski definition) is 1. The molecule has 0 aliphatic heterocycles. The second kappa shape index (κ2) is 6.55. The van der Waals surface area contributed by atoms with Crippen molar-refractivity contribution < 1.29 is 0 Å². The summed E-state index contributed by atoms with van der Waals surface area (Å²) in [5.41, 5.74) is 11.3. The monoisotopic (exact) mass is 331 g/mol. The predicted octanol–water partition coefficient (Wildman–Crippen LogP) is 4.33. The van der Waals surface area contributed by atoms with Crippen molar-refractivity contribution in [3.8, 4) is 0 Å². The third-order valence-electron chi connectivity index (χ3n) is 4.08. The van der Waals surface area contributed by atoms with E-state index >= 15 is 0 Å². The standard InChI is InChI=1S/C18H22BrN/c1-14-3-7-16(8-4-14)18(13-20,11-12-19)17-9-5-15(2)6-10-17/h3-10H,11-13,20H2,1-2H3. The van der Waals surface area contributed by atoms with Gasteiger partial charge in [-0.15, -0.1) is 0 Å². The van der Waals surface area contributed by atoms with E-state index in [-0.39, 0.29) is 5.41 Å². The van der Waals surface area contributed by atoms with Gasteiger partial charge in [0, 0.05) is 17.3 Å². The number of hydrogen-bond acceptors (Lipinski definition) is 1. The van der Waals surface area contributed by atoms with Gasteiger partial charge in [-0.1, -0.05) is 75.6 Å². The van der Waals surface area contributed by atoms with Gasteiger partial charge in [0.15, 0.2) is 0 Å². The summed E-state index contributed by atoms with van der Waals surface area (Å²) in [4.78, 5) is 0. The van der Waals surface area contributed by atoms with E-state index in [0.717, 1.165) is 11.8 Å². The summed E-state index contributed by atoms with van der Waals surface area (Å²) in [7, 11) is 0. The summed E-state index contributed by atoms with van der Waals surface area (Å²) in [5, 5.41) is 0.936. The molecule has 0 spiro atoms. The molecule has 0 fully saturated rings. The molecule has 0 atom stereocenters. The van der Waals surface area contributed by atoms with Gasteiger partial charge in [-0.25, -0.2) is 0 Å². The van der Waals surface area contributed by atoms with Crippen LogP contribution in [0, 0.1) is 13.8 Å². The van der Waals surface area contributed by atoms with Gasteiger partial charge in [0.1, 0.15) is 0 Å². The number of rotatable bonds is 5. The average Bonchev–Trinajstić information content (AvgIpc) is 2.47. The molecule has 2 heteroatoms. The quantitative estimate of drug-likeness (QED) is 0.810. The summed E-state index contributed by atoms with van der Waals surface area (Å²) < 4.78 is 0. The van der Waals surface area contributed by atoms with Crippen LogP contribution in [0.2, 0.25) is 0 Å². The molecule has 0 heterocycles. The molecule has 0 unspecified atom stereocenters. The fourth-order valence-corrected chi connectivity index (χ4v) is 3.38. The number of aryl methyl sites for hydroxylation is 2. The molecule has 1 nitrogen and oxygen atoms in total. The first-order chi connectivity index (χ1) is 9.62. The Morgan fingerprint density at radius 2 is 1.25 bits per heavy atom. The molecule has 106 valence electrons. The van der Waals surface area contributed by atoms with Crippen molar-refractivity contribution in [1.29, 1.82) is 0 Å². The second-order valence-electron chi connectivity index (χ2n) is 5.46. The summed E-state index contributed by atoms with van der Waals surface area (Å²) in [6.07, 6.45) is 0.996. The zero-order valence-corrected chi connectivity index (χ0v) is 13.8. The van der Waals surface area contributed by atoms with Gasteiger partial charge in [0.05, 0.1) is 0 Å². The molecule has 0 aliphatic carbocycles. The topological polar surface area (TPSA) is 26.0 Å². The number of alkyl halides is 1. The molecular weight excluding hydrogens is 310 g/mol. The van der Waals surface area contributed by atoms with Crippen molar-refractivity contribution in [2.45, 2.75) is 25.7 Å². The van der Waals surface area contributed by atoms with Gasteiger partial charge in [-0.2, -0.15) is 0 Å². The number of nitrogens with two attached hydrogens (primary N) is 1. The van der Waals surface area contributed by atoms with Crippen LogP contribution in [0.3, 0.4) is 0 Å². The third kappa shape index (κ3) is 2.97. The first-order valence-electron chi connectivity index (χ1n) is 7.03. The van der Waals surface area contributed by atoms with E-state index in [1.807, 2.05) is 0 Å². The van der Waals surface area contributed by atoms with E-state index < -0.39 is 0 Å². The van der Waals surface area contributed by atoms with E-state index in [9.17, 15) is 0 Å². The minimum absolute atomic E-state index is 0.106. The Bertz CT molecular complexity index is 497. The molecule has 2 N–H and O–H groups in total. The van der Waals surface area contributed by atoms with Crippen LogP contribution in [-0.4, -0.2) is 11.9 Å². The van der Waals surface area contributed by atoms with E-state index in [1.54, 1.807) is 0 Å². The molecule has 2 rings (SSSR count). The summed E-state index contributed by atoms with van der Waals surface area (Å²) in [6.45, 7) is 4.85. The van der Waals surface area contributed by atoms with Crippen LogP contribution in [0.15, 0.2) is 48.5 Å². The van der Waals surface area contributed by atoms with Gasteiger partial charge in [-0.3, -0.25) is 0 Å². The molecule has 0 bridgehead atoms. The molecule has 0 saturated heterocycles. The Hall–Kier alpha value is -1.12. The van der Waals surface area contributed by atoms with Crippen molar-refractivity contribution in [2.75, 3.05) is 11.9 Å². The van der Waals surface area contributed by atoms with Crippen LogP contribution in [0.5, 0.6) is 0 Å². The van der Waals surface area contributed by atoms with Crippen molar-refractivity contribution in [2.24, 2.45) is 5.73 Å². The zero-order valence-electron chi connectivity index (χ0n) is 12.2. The highest BCUT2D eigenvalue weighted by Gasteiger charge is 2.32. The number of halogens is 1. The maximum absolute atomic E-state index is 6.21. The molecule has 2 aromatic carbocycles.